The molecule has 0 spiro atoms. The number of guanidine groups is 1. The Hall–Kier alpha value is -0.570. The number of hydrogen-bond acceptors (Lipinski definition) is 3. The molecule has 1 aliphatic carbocycles. The summed E-state index contributed by atoms with van der Waals surface area (Å²) >= 11 is 0. The molecule has 0 radical (unpaired) electrons. The molecule has 1 aliphatic heterocycles. The maximum atomic E-state index is 12.6. The van der Waals surface area contributed by atoms with Crippen LogP contribution in [-0.2, 0) is 4.79 Å². The molecule has 2 rings (SSSR count). The fraction of sp³-hybridized carbons (Fsp3) is 0.889. The molecule has 2 N–H and O–H groups in total. The largest absolute Gasteiger partial charge is 0.356 e. The summed E-state index contributed by atoms with van der Waals surface area (Å²) in [6, 6.07) is 0. The summed E-state index contributed by atoms with van der Waals surface area (Å²) in [6.45, 7) is 7.36. The zero-order chi connectivity index (χ0) is 17.6. The number of likely N-dealkylation sites (tertiary alicyclic amines) is 1. The van der Waals surface area contributed by atoms with Gasteiger partial charge in [-0.2, -0.15) is 0 Å². The van der Waals surface area contributed by atoms with Crippen molar-refractivity contribution in [3.05, 3.63) is 0 Å². The highest BCUT2D eigenvalue weighted by atomic mass is 127. The van der Waals surface area contributed by atoms with Crippen molar-refractivity contribution in [1.82, 2.24) is 20.4 Å². The molecule has 1 atom stereocenters. The lowest BCUT2D eigenvalue weighted by molar-refractivity contribution is -0.138. The number of hydrogen-bond donors (Lipinski definition) is 2. The van der Waals surface area contributed by atoms with Crippen LogP contribution in [0.2, 0.25) is 0 Å². The van der Waals surface area contributed by atoms with E-state index in [0.29, 0.717) is 12.5 Å². The zero-order valence-electron chi connectivity index (χ0n) is 16.3. The first kappa shape index (κ1) is 22.5. The molecule has 1 saturated heterocycles. The molecule has 146 valence electrons. The Morgan fingerprint density at radius 3 is 2.48 bits per heavy atom. The first-order valence-electron chi connectivity index (χ1n) is 9.39. The highest BCUT2D eigenvalue weighted by Gasteiger charge is 2.42. The first-order valence-corrected chi connectivity index (χ1v) is 9.39. The maximum absolute atomic E-state index is 12.6. The standard InChI is InChI=1S/C18H35N5O.HI/c1-5-23-11-8-15(13-23)12-20-17(19-2)21-14-18(9-6-7-10-18)16(24)22(3)4;/h15H,5-14H2,1-4H3,(H2,19,20,21);1H. The van der Waals surface area contributed by atoms with E-state index < -0.39 is 0 Å². The fourth-order valence-electron chi connectivity index (χ4n) is 4.07. The number of nitrogens with one attached hydrogen (secondary N) is 2. The Kier molecular flexibility index (Phi) is 9.48. The van der Waals surface area contributed by atoms with Crippen molar-refractivity contribution in [3.63, 3.8) is 0 Å². The third kappa shape index (κ3) is 5.98. The van der Waals surface area contributed by atoms with Crippen molar-refractivity contribution < 1.29 is 4.79 Å². The van der Waals surface area contributed by atoms with Crippen LogP contribution in [0.4, 0.5) is 0 Å². The quantitative estimate of drug-likeness (QED) is 0.357. The van der Waals surface area contributed by atoms with Crippen LogP contribution in [0.3, 0.4) is 0 Å². The summed E-state index contributed by atoms with van der Waals surface area (Å²) < 4.78 is 0. The van der Waals surface area contributed by atoms with Crippen molar-refractivity contribution in [2.45, 2.75) is 39.0 Å². The summed E-state index contributed by atoms with van der Waals surface area (Å²) in [5.74, 6) is 1.76. The Balaban J connectivity index is 0.00000312. The highest BCUT2D eigenvalue weighted by Crippen LogP contribution is 2.38. The van der Waals surface area contributed by atoms with E-state index in [1.165, 1.54) is 19.5 Å². The predicted octanol–water partition coefficient (Wildman–Crippen LogP) is 1.76. The lowest BCUT2D eigenvalue weighted by atomic mass is 9.84. The van der Waals surface area contributed by atoms with Gasteiger partial charge in [-0.15, -0.1) is 24.0 Å². The number of carbonyl (C=O) groups excluding carboxylic acids is 1. The summed E-state index contributed by atoms with van der Waals surface area (Å²) in [5.41, 5.74) is -0.256. The first-order chi connectivity index (χ1) is 11.5. The normalized spacial score (nSPS) is 23.2. The zero-order valence-corrected chi connectivity index (χ0v) is 18.6. The van der Waals surface area contributed by atoms with Gasteiger partial charge in [0.2, 0.25) is 5.91 Å². The van der Waals surface area contributed by atoms with Crippen LogP contribution in [0.25, 0.3) is 0 Å². The number of rotatable bonds is 6. The second-order valence-electron chi connectivity index (χ2n) is 7.54. The van der Waals surface area contributed by atoms with Gasteiger partial charge in [0.25, 0.3) is 0 Å². The van der Waals surface area contributed by atoms with Gasteiger partial charge in [-0.3, -0.25) is 9.79 Å². The highest BCUT2D eigenvalue weighted by molar-refractivity contribution is 14.0. The molecule has 25 heavy (non-hydrogen) atoms. The molecular formula is C18H36IN5O. The maximum Gasteiger partial charge on any atom is 0.230 e. The minimum absolute atomic E-state index is 0. The average molecular weight is 465 g/mol. The second-order valence-corrected chi connectivity index (χ2v) is 7.54. The van der Waals surface area contributed by atoms with Crippen molar-refractivity contribution in [2.24, 2.45) is 16.3 Å². The van der Waals surface area contributed by atoms with Crippen LogP contribution >= 0.6 is 24.0 Å². The van der Waals surface area contributed by atoms with E-state index in [0.717, 1.165) is 44.7 Å². The molecule has 0 aromatic carbocycles. The molecule has 0 aromatic heterocycles. The van der Waals surface area contributed by atoms with E-state index in [1.54, 1.807) is 11.9 Å². The van der Waals surface area contributed by atoms with E-state index in [-0.39, 0.29) is 35.3 Å². The summed E-state index contributed by atoms with van der Waals surface area (Å²) in [5, 5.41) is 6.87. The van der Waals surface area contributed by atoms with Crippen molar-refractivity contribution >= 4 is 35.8 Å². The van der Waals surface area contributed by atoms with Crippen molar-refractivity contribution in [3.8, 4) is 0 Å². The van der Waals surface area contributed by atoms with E-state index in [9.17, 15) is 4.79 Å². The molecule has 0 aromatic rings. The topological polar surface area (TPSA) is 60.0 Å². The summed E-state index contributed by atoms with van der Waals surface area (Å²) in [4.78, 5) is 21.2. The number of aliphatic imine (C=N–C) groups is 1. The van der Waals surface area contributed by atoms with Gasteiger partial charge in [-0.1, -0.05) is 19.8 Å². The van der Waals surface area contributed by atoms with Gasteiger partial charge >= 0.3 is 0 Å². The SMILES string of the molecule is CCN1CCC(CNC(=NC)NCC2(C(=O)N(C)C)CCCC2)C1.I. The Bertz CT molecular complexity index is 449. The molecule has 2 aliphatic rings. The third-order valence-electron chi connectivity index (χ3n) is 5.61. The number of amides is 1. The van der Waals surface area contributed by atoms with Gasteiger partial charge in [0.1, 0.15) is 0 Å². The molecule has 1 saturated carbocycles. The van der Waals surface area contributed by atoms with Gasteiger partial charge in [0.05, 0.1) is 5.41 Å². The third-order valence-corrected chi connectivity index (χ3v) is 5.61. The lowest BCUT2D eigenvalue weighted by Crippen LogP contribution is -2.49. The second kappa shape index (κ2) is 10.5. The molecule has 2 fully saturated rings. The summed E-state index contributed by atoms with van der Waals surface area (Å²) in [7, 11) is 5.52. The van der Waals surface area contributed by atoms with Gasteiger partial charge in [-0.25, -0.2) is 0 Å². The van der Waals surface area contributed by atoms with E-state index >= 15 is 0 Å². The van der Waals surface area contributed by atoms with Crippen molar-refractivity contribution in [1.29, 1.82) is 0 Å². The molecule has 0 bridgehead atoms. The monoisotopic (exact) mass is 465 g/mol. The van der Waals surface area contributed by atoms with Crippen LogP contribution < -0.4 is 10.6 Å². The molecule has 6 nitrogen and oxygen atoms in total. The van der Waals surface area contributed by atoms with Gasteiger partial charge < -0.3 is 20.4 Å². The number of halogens is 1. The van der Waals surface area contributed by atoms with E-state index in [2.05, 4.69) is 27.4 Å². The Morgan fingerprint density at radius 1 is 1.28 bits per heavy atom. The lowest BCUT2D eigenvalue weighted by Gasteiger charge is -2.31. The fourth-order valence-corrected chi connectivity index (χ4v) is 4.07. The Labute approximate surface area is 170 Å². The minimum Gasteiger partial charge on any atom is -0.356 e. The van der Waals surface area contributed by atoms with Crippen LogP contribution in [0.1, 0.15) is 39.0 Å². The molecule has 1 unspecified atom stereocenters. The number of nitrogens with zero attached hydrogens (tertiary/aromatic N) is 3. The van der Waals surface area contributed by atoms with Gasteiger partial charge in [0, 0.05) is 40.8 Å². The smallest absolute Gasteiger partial charge is 0.230 e. The van der Waals surface area contributed by atoms with Gasteiger partial charge in [-0.05, 0) is 38.3 Å². The molecule has 1 amide bonds. The van der Waals surface area contributed by atoms with Crippen molar-refractivity contribution in [2.75, 3.05) is 53.9 Å². The van der Waals surface area contributed by atoms with Gasteiger partial charge in [0.15, 0.2) is 5.96 Å². The molecule has 7 heteroatoms. The predicted molar refractivity (Wildman–Crippen MR) is 115 cm³/mol. The summed E-state index contributed by atoms with van der Waals surface area (Å²) in [6.07, 6.45) is 5.48. The minimum atomic E-state index is -0.256. The van der Waals surface area contributed by atoms with Crippen LogP contribution in [0, 0.1) is 11.3 Å². The number of carbonyl (C=O) groups is 1. The van der Waals surface area contributed by atoms with Crippen LogP contribution in [-0.4, -0.2) is 75.5 Å². The average Bonchev–Trinajstić information content (AvgIpc) is 3.24. The van der Waals surface area contributed by atoms with Crippen LogP contribution in [0.15, 0.2) is 4.99 Å². The molecule has 1 heterocycles. The van der Waals surface area contributed by atoms with E-state index in [1.807, 2.05) is 14.1 Å². The van der Waals surface area contributed by atoms with Crippen LogP contribution in [0.5, 0.6) is 0 Å². The Morgan fingerprint density at radius 2 is 1.96 bits per heavy atom. The molecular weight excluding hydrogens is 429 g/mol. The van der Waals surface area contributed by atoms with E-state index in [4.69, 9.17) is 0 Å².